The van der Waals surface area contributed by atoms with Crippen LogP contribution in [0.5, 0.6) is 0 Å². The van der Waals surface area contributed by atoms with Crippen LogP contribution in [-0.2, 0) is 13.1 Å². The molecule has 0 unspecified atom stereocenters. The van der Waals surface area contributed by atoms with Crippen LogP contribution in [-0.4, -0.2) is 36.0 Å². The summed E-state index contributed by atoms with van der Waals surface area (Å²) in [5, 5.41) is 9.23. The zero-order valence-electron chi connectivity index (χ0n) is 13.8. The number of nitriles is 1. The summed E-state index contributed by atoms with van der Waals surface area (Å²) in [6.45, 7) is 5.76. The zero-order valence-corrected chi connectivity index (χ0v) is 13.8. The monoisotopic (exact) mass is 323 g/mol. The molecule has 0 atom stereocenters. The molecule has 1 saturated heterocycles. The van der Waals surface area contributed by atoms with Gasteiger partial charge in [0, 0.05) is 26.2 Å². The van der Waals surface area contributed by atoms with Gasteiger partial charge in [0.1, 0.15) is 5.82 Å². The van der Waals surface area contributed by atoms with Crippen LogP contribution in [0.25, 0.3) is 0 Å². The normalized spacial score (nSPS) is 16.5. The predicted octanol–water partition coefficient (Wildman–Crippen LogP) is 3.41. The minimum atomic E-state index is -0.183. The SMILES string of the molecule is N#Cc1ccccc1CN1CCCN(Cc2ccc(F)cc2)CC1. The zero-order chi connectivity index (χ0) is 16.8. The predicted molar refractivity (Wildman–Crippen MR) is 92.7 cm³/mol. The first-order valence-corrected chi connectivity index (χ1v) is 8.42. The van der Waals surface area contributed by atoms with Crippen molar-refractivity contribution < 1.29 is 4.39 Å². The molecule has 0 N–H and O–H groups in total. The molecule has 0 saturated carbocycles. The van der Waals surface area contributed by atoms with Crippen molar-refractivity contribution in [2.24, 2.45) is 0 Å². The van der Waals surface area contributed by atoms with E-state index in [0.29, 0.717) is 0 Å². The van der Waals surface area contributed by atoms with Gasteiger partial charge in [-0.1, -0.05) is 30.3 Å². The fourth-order valence-corrected chi connectivity index (χ4v) is 3.20. The molecule has 0 bridgehead atoms. The molecule has 0 aromatic heterocycles. The lowest BCUT2D eigenvalue weighted by Gasteiger charge is -2.22. The van der Waals surface area contributed by atoms with E-state index in [4.69, 9.17) is 0 Å². The fraction of sp³-hybridized carbons (Fsp3) is 0.350. The van der Waals surface area contributed by atoms with Crippen LogP contribution in [0.1, 0.15) is 23.1 Å². The smallest absolute Gasteiger partial charge is 0.123 e. The molecule has 2 aromatic carbocycles. The first-order valence-electron chi connectivity index (χ1n) is 8.42. The van der Waals surface area contributed by atoms with Gasteiger partial charge >= 0.3 is 0 Å². The van der Waals surface area contributed by atoms with Crippen LogP contribution in [0.2, 0.25) is 0 Å². The minimum absolute atomic E-state index is 0.183. The Morgan fingerprint density at radius 1 is 0.875 bits per heavy atom. The number of hydrogen-bond donors (Lipinski definition) is 0. The number of nitrogens with zero attached hydrogens (tertiary/aromatic N) is 3. The van der Waals surface area contributed by atoms with Crippen LogP contribution < -0.4 is 0 Å². The molecule has 0 radical (unpaired) electrons. The molecule has 24 heavy (non-hydrogen) atoms. The van der Waals surface area contributed by atoms with E-state index < -0.39 is 0 Å². The summed E-state index contributed by atoms with van der Waals surface area (Å²) < 4.78 is 13.0. The van der Waals surface area contributed by atoms with Crippen LogP contribution in [0.3, 0.4) is 0 Å². The maximum absolute atomic E-state index is 13.0. The molecule has 1 aliphatic rings. The standard InChI is InChI=1S/C20H22FN3/c21-20-8-6-17(7-9-20)15-23-10-3-11-24(13-12-23)16-19-5-2-1-4-18(19)14-22/h1-2,4-9H,3,10-13,15-16H2. The Morgan fingerprint density at radius 2 is 1.54 bits per heavy atom. The van der Waals surface area contributed by atoms with Gasteiger partial charge in [0.15, 0.2) is 0 Å². The van der Waals surface area contributed by atoms with Crippen molar-refractivity contribution in [3.63, 3.8) is 0 Å². The van der Waals surface area contributed by atoms with E-state index in [2.05, 4.69) is 15.9 Å². The fourth-order valence-electron chi connectivity index (χ4n) is 3.20. The van der Waals surface area contributed by atoms with Crippen LogP contribution in [0.4, 0.5) is 4.39 Å². The van der Waals surface area contributed by atoms with Crippen LogP contribution in [0.15, 0.2) is 48.5 Å². The molecule has 1 fully saturated rings. The highest BCUT2D eigenvalue weighted by Crippen LogP contribution is 2.14. The van der Waals surface area contributed by atoms with E-state index in [1.807, 2.05) is 36.4 Å². The Kier molecular flexibility index (Phi) is 5.58. The number of benzene rings is 2. The third-order valence-corrected chi connectivity index (χ3v) is 4.53. The molecular formula is C20H22FN3. The Labute approximate surface area is 142 Å². The van der Waals surface area contributed by atoms with Gasteiger partial charge in [-0.25, -0.2) is 4.39 Å². The van der Waals surface area contributed by atoms with Gasteiger partial charge in [-0.2, -0.15) is 5.26 Å². The van der Waals surface area contributed by atoms with Crippen LogP contribution in [0, 0.1) is 17.1 Å². The topological polar surface area (TPSA) is 30.3 Å². The summed E-state index contributed by atoms with van der Waals surface area (Å²) in [4.78, 5) is 4.84. The average molecular weight is 323 g/mol. The van der Waals surface area contributed by atoms with Crippen molar-refractivity contribution in [1.82, 2.24) is 9.80 Å². The van der Waals surface area contributed by atoms with Gasteiger partial charge in [-0.15, -0.1) is 0 Å². The second-order valence-electron chi connectivity index (χ2n) is 6.30. The summed E-state index contributed by atoms with van der Waals surface area (Å²) >= 11 is 0. The molecule has 0 spiro atoms. The summed E-state index contributed by atoms with van der Waals surface area (Å²) in [7, 11) is 0. The molecule has 1 heterocycles. The second kappa shape index (κ2) is 8.05. The van der Waals surface area contributed by atoms with Gasteiger partial charge in [-0.3, -0.25) is 9.80 Å². The second-order valence-corrected chi connectivity index (χ2v) is 6.30. The molecule has 2 aromatic rings. The average Bonchev–Trinajstić information content (AvgIpc) is 2.83. The molecule has 0 amide bonds. The molecule has 0 aliphatic carbocycles. The molecule has 4 heteroatoms. The Morgan fingerprint density at radius 3 is 2.25 bits per heavy atom. The van der Waals surface area contributed by atoms with E-state index in [0.717, 1.165) is 62.4 Å². The van der Waals surface area contributed by atoms with Crippen molar-refractivity contribution in [2.45, 2.75) is 19.5 Å². The lowest BCUT2D eigenvalue weighted by atomic mass is 10.1. The van der Waals surface area contributed by atoms with Crippen molar-refractivity contribution in [2.75, 3.05) is 26.2 Å². The van der Waals surface area contributed by atoms with Crippen molar-refractivity contribution in [3.05, 3.63) is 71.0 Å². The highest BCUT2D eigenvalue weighted by atomic mass is 19.1. The summed E-state index contributed by atoms with van der Waals surface area (Å²) in [5.41, 5.74) is 3.02. The first-order chi connectivity index (χ1) is 11.7. The lowest BCUT2D eigenvalue weighted by molar-refractivity contribution is 0.247. The molecular weight excluding hydrogens is 301 g/mol. The van der Waals surface area contributed by atoms with E-state index >= 15 is 0 Å². The molecule has 3 nitrogen and oxygen atoms in total. The van der Waals surface area contributed by atoms with Gasteiger partial charge < -0.3 is 0 Å². The Balaban J connectivity index is 1.57. The number of rotatable bonds is 4. The largest absolute Gasteiger partial charge is 0.298 e. The van der Waals surface area contributed by atoms with Gasteiger partial charge in [0.2, 0.25) is 0 Å². The summed E-state index contributed by atoms with van der Waals surface area (Å²) in [6, 6.07) is 16.9. The Hall–Kier alpha value is -2.22. The third kappa shape index (κ3) is 4.41. The minimum Gasteiger partial charge on any atom is -0.298 e. The van der Waals surface area contributed by atoms with Crippen molar-refractivity contribution in [3.8, 4) is 6.07 Å². The first kappa shape index (κ1) is 16.6. The van der Waals surface area contributed by atoms with E-state index in [1.165, 1.54) is 12.1 Å². The van der Waals surface area contributed by atoms with Gasteiger partial charge in [-0.05, 0) is 48.8 Å². The van der Waals surface area contributed by atoms with Gasteiger partial charge in [0.25, 0.3) is 0 Å². The van der Waals surface area contributed by atoms with Crippen molar-refractivity contribution in [1.29, 1.82) is 5.26 Å². The highest BCUT2D eigenvalue weighted by molar-refractivity contribution is 5.37. The Bertz CT molecular complexity index is 706. The van der Waals surface area contributed by atoms with E-state index in [-0.39, 0.29) is 5.82 Å². The maximum Gasteiger partial charge on any atom is 0.123 e. The number of halogens is 1. The summed E-state index contributed by atoms with van der Waals surface area (Å²) in [5.74, 6) is -0.183. The lowest BCUT2D eigenvalue weighted by Crippen LogP contribution is -2.30. The molecule has 3 rings (SSSR count). The third-order valence-electron chi connectivity index (χ3n) is 4.53. The maximum atomic E-state index is 13.0. The van der Waals surface area contributed by atoms with Gasteiger partial charge in [0.05, 0.1) is 11.6 Å². The molecule has 124 valence electrons. The van der Waals surface area contributed by atoms with E-state index in [9.17, 15) is 9.65 Å². The quantitative estimate of drug-likeness (QED) is 0.864. The number of hydrogen-bond acceptors (Lipinski definition) is 3. The van der Waals surface area contributed by atoms with Crippen LogP contribution >= 0.6 is 0 Å². The van der Waals surface area contributed by atoms with E-state index in [1.54, 1.807) is 0 Å². The highest BCUT2D eigenvalue weighted by Gasteiger charge is 2.16. The van der Waals surface area contributed by atoms with Crippen molar-refractivity contribution >= 4 is 0 Å². The molecule has 1 aliphatic heterocycles. The summed E-state index contributed by atoms with van der Waals surface area (Å²) in [6.07, 6.45) is 1.11.